The zero-order valence-corrected chi connectivity index (χ0v) is 16.6. The summed E-state index contributed by atoms with van der Waals surface area (Å²) in [5.74, 6) is 0.222. The Kier molecular flexibility index (Phi) is 4.92. The van der Waals surface area contributed by atoms with Gasteiger partial charge in [0, 0.05) is 25.6 Å². The van der Waals surface area contributed by atoms with Crippen LogP contribution in [0, 0.1) is 6.92 Å². The molecule has 7 heteroatoms. The number of amides is 1. The summed E-state index contributed by atoms with van der Waals surface area (Å²) >= 11 is 0. The van der Waals surface area contributed by atoms with E-state index in [1.165, 1.54) is 12.0 Å². The molecule has 1 N–H and O–H groups in total. The number of methoxy groups -OCH3 is 1. The van der Waals surface area contributed by atoms with Crippen LogP contribution in [0.2, 0.25) is 0 Å². The lowest BCUT2D eigenvalue weighted by Crippen LogP contribution is -2.32. The molecule has 2 atom stereocenters. The lowest BCUT2D eigenvalue weighted by Gasteiger charge is -2.22. The number of aliphatic hydroxyl groups is 1. The molecule has 2 unspecified atom stereocenters. The first-order chi connectivity index (χ1) is 13.9. The number of Topliss-reactive ketones (excluding diaryl/α,β-unsaturated/α-hetero) is 1. The lowest BCUT2D eigenvalue weighted by atomic mass is 9.97. The van der Waals surface area contributed by atoms with Gasteiger partial charge in [0.25, 0.3) is 11.7 Å². The van der Waals surface area contributed by atoms with Crippen molar-refractivity contribution in [2.24, 2.45) is 0 Å². The third-order valence-corrected chi connectivity index (χ3v) is 5.28. The first-order valence-electron chi connectivity index (χ1n) is 9.54. The maximum absolute atomic E-state index is 12.9. The van der Waals surface area contributed by atoms with Crippen LogP contribution in [0.5, 0.6) is 5.75 Å². The summed E-state index contributed by atoms with van der Waals surface area (Å²) in [5.41, 5.74) is 1.45. The predicted molar refractivity (Wildman–Crippen MR) is 105 cm³/mol. The van der Waals surface area contributed by atoms with Crippen molar-refractivity contribution < 1.29 is 28.6 Å². The summed E-state index contributed by atoms with van der Waals surface area (Å²) in [6.07, 6.45) is 0.785. The number of nitrogens with zero attached hydrogens (tertiary/aromatic N) is 1. The van der Waals surface area contributed by atoms with Crippen LogP contribution >= 0.6 is 0 Å². The number of aliphatic hydroxyl groups excluding tert-OH is 1. The molecule has 0 radical (unpaired) electrons. The number of fused-ring (bicyclic) bond motifs is 1. The van der Waals surface area contributed by atoms with E-state index in [0.29, 0.717) is 17.1 Å². The molecular formula is C22H23NO6. The molecule has 152 valence electrons. The van der Waals surface area contributed by atoms with E-state index in [0.717, 1.165) is 17.7 Å². The van der Waals surface area contributed by atoms with Crippen molar-refractivity contribution in [2.45, 2.75) is 32.4 Å². The molecule has 0 saturated carbocycles. The number of ketones is 1. The van der Waals surface area contributed by atoms with Crippen molar-refractivity contribution in [3.05, 3.63) is 58.6 Å². The van der Waals surface area contributed by atoms with E-state index in [1.54, 1.807) is 37.3 Å². The van der Waals surface area contributed by atoms with Gasteiger partial charge in [-0.05, 0) is 49.7 Å². The van der Waals surface area contributed by atoms with Crippen LogP contribution in [0.3, 0.4) is 0 Å². The third kappa shape index (κ3) is 3.31. The number of aryl methyl sites for hydroxylation is 1. The number of rotatable bonds is 5. The molecule has 2 aromatic rings. The van der Waals surface area contributed by atoms with Crippen LogP contribution in [0.25, 0.3) is 5.76 Å². The topological polar surface area (TPSA) is 89.2 Å². The Balaban J connectivity index is 1.81. The van der Waals surface area contributed by atoms with Gasteiger partial charge in [-0.25, -0.2) is 0 Å². The Bertz CT molecular complexity index is 1000. The summed E-state index contributed by atoms with van der Waals surface area (Å²) in [5, 5.41) is 11.1. The van der Waals surface area contributed by atoms with Crippen LogP contribution in [-0.4, -0.2) is 48.1 Å². The van der Waals surface area contributed by atoms with E-state index >= 15 is 0 Å². The predicted octanol–water partition coefficient (Wildman–Crippen LogP) is 2.98. The Morgan fingerprint density at radius 2 is 2.07 bits per heavy atom. The first kappa shape index (κ1) is 19.3. The maximum Gasteiger partial charge on any atom is 0.295 e. The molecule has 2 aliphatic rings. The molecule has 1 fully saturated rings. The van der Waals surface area contributed by atoms with Crippen molar-refractivity contribution in [1.29, 1.82) is 0 Å². The van der Waals surface area contributed by atoms with E-state index in [-0.39, 0.29) is 30.6 Å². The first-order valence-corrected chi connectivity index (χ1v) is 9.54. The molecule has 3 heterocycles. The normalized spacial score (nSPS) is 22.8. The average Bonchev–Trinajstić information content (AvgIpc) is 3.35. The largest absolute Gasteiger partial charge is 0.507 e. The molecule has 1 aromatic carbocycles. The number of furan rings is 1. The summed E-state index contributed by atoms with van der Waals surface area (Å²) in [6, 6.07) is 7.96. The van der Waals surface area contributed by atoms with Crippen LogP contribution < -0.4 is 4.74 Å². The van der Waals surface area contributed by atoms with E-state index < -0.39 is 17.7 Å². The van der Waals surface area contributed by atoms with Crippen molar-refractivity contribution in [1.82, 2.24) is 4.90 Å². The molecular weight excluding hydrogens is 374 g/mol. The van der Waals surface area contributed by atoms with Gasteiger partial charge < -0.3 is 23.9 Å². The Morgan fingerprint density at radius 1 is 1.28 bits per heavy atom. The number of carbonyl (C=O) groups is 2. The minimum absolute atomic E-state index is 0.0207. The Hall–Kier alpha value is -3.06. The summed E-state index contributed by atoms with van der Waals surface area (Å²) in [4.78, 5) is 26.9. The molecule has 1 aromatic heterocycles. The molecule has 1 saturated heterocycles. The number of likely N-dealkylation sites (tertiary alicyclic amines) is 1. The highest BCUT2D eigenvalue weighted by atomic mass is 16.5. The van der Waals surface area contributed by atoms with E-state index in [9.17, 15) is 14.7 Å². The van der Waals surface area contributed by atoms with Gasteiger partial charge in [-0.15, -0.1) is 0 Å². The van der Waals surface area contributed by atoms with Gasteiger partial charge in [-0.2, -0.15) is 0 Å². The smallest absolute Gasteiger partial charge is 0.295 e. The third-order valence-electron chi connectivity index (χ3n) is 5.28. The van der Waals surface area contributed by atoms with Gasteiger partial charge >= 0.3 is 0 Å². The molecule has 7 nitrogen and oxygen atoms in total. The number of carbonyl (C=O) groups excluding carboxylic acids is 2. The van der Waals surface area contributed by atoms with Gasteiger partial charge in [-0.1, -0.05) is 0 Å². The molecule has 4 rings (SSSR count). The van der Waals surface area contributed by atoms with Crippen LogP contribution in [0.1, 0.15) is 35.6 Å². The van der Waals surface area contributed by atoms with Gasteiger partial charge in [0.15, 0.2) is 0 Å². The van der Waals surface area contributed by atoms with Crippen molar-refractivity contribution >= 4 is 17.4 Å². The summed E-state index contributed by atoms with van der Waals surface area (Å²) in [7, 11) is 1.52. The standard InChI is InChI=1S/C22H23NO6/c1-12-4-6-17(28-12)19-18(21(25)22(26)23(19)8-9-27-3)20(24)14-5-7-16-15(11-14)10-13(2)29-16/h4-7,11,13,19,24H,8-10H2,1-3H3/b20-18-. The Morgan fingerprint density at radius 3 is 2.76 bits per heavy atom. The van der Waals surface area contributed by atoms with Crippen molar-refractivity contribution in [3.8, 4) is 5.75 Å². The highest BCUT2D eigenvalue weighted by molar-refractivity contribution is 6.46. The van der Waals surface area contributed by atoms with Crippen molar-refractivity contribution in [3.63, 3.8) is 0 Å². The van der Waals surface area contributed by atoms with E-state index in [1.807, 2.05) is 6.92 Å². The molecule has 1 amide bonds. The zero-order valence-electron chi connectivity index (χ0n) is 16.6. The minimum atomic E-state index is -0.803. The molecule has 0 spiro atoms. The van der Waals surface area contributed by atoms with Crippen LogP contribution in [0.15, 0.2) is 40.3 Å². The second-order valence-corrected chi connectivity index (χ2v) is 7.39. The number of ether oxygens (including phenoxy) is 2. The van der Waals surface area contributed by atoms with Gasteiger partial charge in [0.1, 0.15) is 35.2 Å². The zero-order chi connectivity index (χ0) is 20.7. The summed E-state index contributed by atoms with van der Waals surface area (Å²) < 4.78 is 16.5. The SMILES string of the molecule is COCCN1C(=O)C(=O)/C(=C(\O)c2ccc3c(c2)CC(C)O3)C1c1ccc(C)o1. The molecule has 0 aliphatic carbocycles. The summed E-state index contributed by atoms with van der Waals surface area (Å²) in [6.45, 7) is 4.22. The van der Waals surface area contributed by atoms with E-state index in [4.69, 9.17) is 13.9 Å². The highest BCUT2D eigenvalue weighted by Gasteiger charge is 2.47. The monoisotopic (exact) mass is 397 g/mol. The Labute approximate surface area is 168 Å². The van der Waals surface area contributed by atoms with Crippen LogP contribution in [-0.2, 0) is 20.7 Å². The minimum Gasteiger partial charge on any atom is -0.507 e. The van der Waals surface area contributed by atoms with Gasteiger partial charge in [-0.3, -0.25) is 9.59 Å². The number of hydrogen-bond donors (Lipinski definition) is 1. The quantitative estimate of drug-likeness (QED) is 0.474. The maximum atomic E-state index is 12.9. The second-order valence-electron chi connectivity index (χ2n) is 7.39. The second kappa shape index (κ2) is 7.40. The van der Waals surface area contributed by atoms with Crippen molar-refractivity contribution in [2.75, 3.05) is 20.3 Å². The van der Waals surface area contributed by atoms with Gasteiger partial charge in [0.2, 0.25) is 0 Å². The van der Waals surface area contributed by atoms with Crippen LogP contribution in [0.4, 0.5) is 0 Å². The fourth-order valence-electron chi connectivity index (χ4n) is 3.92. The molecule has 29 heavy (non-hydrogen) atoms. The molecule has 0 bridgehead atoms. The fourth-order valence-corrected chi connectivity index (χ4v) is 3.92. The average molecular weight is 397 g/mol. The number of benzene rings is 1. The lowest BCUT2D eigenvalue weighted by molar-refractivity contribution is -0.140. The number of hydrogen-bond acceptors (Lipinski definition) is 6. The molecule has 2 aliphatic heterocycles. The highest BCUT2D eigenvalue weighted by Crippen LogP contribution is 2.40. The fraction of sp³-hybridized carbons (Fsp3) is 0.364. The van der Waals surface area contributed by atoms with Gasteiger partial charge in [0.05, 0.1) is 12.2 Å². The van der Waals surface area contributed by atoms with E-state index in [2.05, 4.69) is 0 Å².